The zero-order chi connectivity index (χ0) is 22.0. The number of nitrogens with one attached hydrogen (secondary N) is 1. The van der Waals surface area contributed by atoms with Gasteiger partial charge in [-0.05, 0) is 50.1 Å². The fourth-order valence-electron chi connectivity index (χ4n) is 2.83. The summed E-state index contributed by atoms with van der Waals surface area (Å²) in [7, 11) is 0. The van der Waals surface area contributed by atoms with E-state index < -0.39 is 28.7 Å². The van der Waals surface area contributed by atoms with Gasteiger partial charge < -0.3 is 5.32 Å². The zero-order valence-corrected chi connectivity index (χ0v) is 17.4. The Labute approximate surface area is 176 Å². The Hall–Kier alpha value is -3.26. The summed E-state index contributed by atoms with van der Waals surface area (Å²) in [6, 6.07) is 10.5. The molecule has 0 fully saturated rings. The molecule has 30 heavy (non-hydrogen) atoms. The molecular weight excluding hydrogens is 411 g/mol. The number of hydrogen-bond acceptors (Lipinski definition) is 4. The van der Waals surface area contributed by atoms with Crippen molar-refractivity contribution in [3.63, 3.8) is 0 Å². The van der Waals surface area contributed by atoms with E-state index in [1.165, 1.54) is 12.1 Å². The van der Waals surface area contributed by atoms with E-state index >= 15 is 0 Å². The predicted molar refractivity (Wildman–Crippen MR) is 112 cm³/mol. The summed E-state index contributed by atoms with van der Waals surface area (Å²) in [5, 5.41) is 6.98. The van der Waals surface area contributed by atoms with Crippen LogP contribution in [-0.2, 0) is 6.54 Å². The van der Waals surface area contributed by atoms with Crippen LogP contribution in [0, 0.1) is 12.7 Å². The Kier molecular flexibility index (Phi) is 6.17. The number of nitrogens with zero attached hydrogens (tertiary/aromatic N) is 3. The van der Waals surface area contributed by atoms with Gasteiger partial charge in [0.05, 0.1) is 12.2 Å². The molecule has 3 aromatic rings. The number of benzene rings is 2. The SMILES string of the molecule is Cc1ccc(-n2nc(C(=O)NC(C)C)c(=O)n(Cc3cccc(Cl)c3)c2=O)cc1F. The summed E-state index contributed by atoms with van der Waals surface area (Å²) in [4.78, 5) is 38.5. The van der Waals surface area contributed by atoms with Gasteiger partial charge in [-0.1, -0.05) is 29.8 Å². The summed E-state index contributed by atoms with van der Waals surface area (Å²) in [5.74, 6) is -1.27. The molecule has 0 saturated heterocycles. The molecule has 0 aliphatic rings. The predicted octanol–water partition coefficient (Wildman–Crippen LogP) is 2.68. The number of amides is 1. The lowest BCUT2D eigenvalue weighted by atomic mass is 10.2. The fourth-order valence-corrected chi connectivity index (χ4v) is 3.04. The monoisotopic (exact) mass is 430 g/mol. The largest absolute Gasteiger partial charge is 0.352 e. The Bertz CT molecular complexity index is 1230. The van der Waals surface area contributed by atoms with Gasteiger partial charge in [0.2, 0.25) is 5.69 Å². The molecule has 7 nitrogen and oxygen atoms in total. The Balaban J connectivity index is 2.23. The first-order valence-electron chi connectivity index (χ1n) is 9.23. The highest BCUT2D eigenvalue weighted by atomic mass is 35.5. The molecule has 0 atom stereocenters. The van der Waals surface area contributed by atoms with Crippen LogP contribution < -0.4 is 16.6 Å². The minimum absolute atomic E-state index is 0.0986. The van der Waals surface area contributed by atoms with E-state index in [-0.39, 0.29) is 18.3 Å². The lowest BCUT2D eigenvalue weighted by Gasteiger charge is -2.14. The normalized spacial score (nSPS) is 11.0. The second-order valence-corrected chi connectivity index (χ2v) is 7.56. The lowest BCUT2D eigenvalue weighted by molar-refractivity contribution is 0.0933. The van der Waals surface area contributed by atoms with Crippen molar-refractivity contribution in [2.75, 3.05) is 0 Å². The second kappa shape index (κ2) is 8.62. The van der Waals surface area contributed by atoms with Crippen LogP contribution in [0.5, 0.6) is 0 Å². The number of aryl methyl sites for hydroxylation is 1. The number of carbonyl (C=O) groups excluding carboxylic acids is 1. The average molecular weight is 431 g/mol. The molecule has 0 unspecified atom stereocenters. The summed E-state index contributed by atoms with van der Waals surface area (Å²) in [6.07, 6.45) is 0. The Morgan fingerprint density at radius 3 is 2.57 bits per heavy atom. The molecule has 0 saturated carbocycles. The maximum absolute atomic E-state index is 14.1. The number of halogens is 2. The molecule has 0 radical (unpaired) electrons. The molecule has 1 heterocycles. The van der Waals surface area contributed by atoms with Crippen LogP contribution in [0.25, 0.3) is 5.69 Å². The Morgan fingerprint density at radius 1 is 1.20 bits per heavy atom. The first-order chi connectivity index (χ1) is 14.2. The molecule has 0 aliphatic carbocycles. The van der Waals surface area contributed by atoms with Crippen molar-refractivity contribution in [1.29, 1.82) is 0 Å². The average Bonchev–Trinajstić information content (AvgIpc) is 2.67. The summed E-state index contributed by atoms with van der Waals surface area (Å²) in [6.45, 7) is 4.91. The van der Waals surface area contributed by atoms with Crippen molar-refractivity contribution in [1.82, 2.24) is 19.7 Å². The van der Waals surface area contributed by atoms with Crippen LogP contribution in [-0.4, -0.2) is 26.3 Å². The minimum atomic E-state index is -0.845. The number of carbonyl (C=O) groups is 1. The van der Waals surface area contributed by atoms with Crippen molar-refractivity contribution in [3.05, 3.63) is 91.0 Å². The van der Waals surface area contributed by atoms with Crippen molar-refractivity contribution >= 4 is 17.5 Å². The van der Waals surface area contributed by atoms with Crippen molar-refractivity contribution in [2.24, 2.45) is 0 Å². The summed E-state index contributed by atoms with van der Waals surface area (Å²) < 4.78 is 15.8. The van der Waals surface area contributed by atoms with E-state index in [4.69, 9.17) is 11.6 Å². The van der Waals surface area contributed by atoms with Gasteiger partial charge >= 0.3 is 5.69 Å². The van der Waals surface area contributed by atoms with Gasteiger partial charge in [0.25, 0.3) is 11.5 Å². The quantitative estimate of drug-likeness (QED) is 0.674. The molecule has 0 spiro atoms. The molecule has 9 heteroatoms. The van der Waals surface area contributed by atoms with Gasteiger partial charge in [-0.15, -0.1) is 0 Å². The minimum Gasteiger partial charge on any atom is -0.348 e. The van der Waals surface area contributed by atoms with Gasteiger partial charge in [0, 0.05) is 17.1 Å². The van der Waals surface area contributed by atoms with E-state index in [0.717, 1.165) is 15.3 Å². The third kappa shape index (κ3) is 4.49. The maximum atomic E-state index is 14.1. The molecule has 1 N–H and O–H groups in total. The standard InChI is InChI=1S/C21H20ClFN4O3/c1-12(2)24-19(28)18-20(29)26(11-14-5-4-6-15(22)9-14)21(30)27(25-18)16-8-7-13(3)17(23)10-16/h4-10,12H,11H2,1-3H3,(H,24,28). The van der Waals surface area contributed by atoms with Crippen LogP contribution in [0.15, 0.2) is 52.1 Å². The van der Waals surface area contributed by atoms with E-state index in [2.05, 4.69) is 10.4 Å². The van der Waals surface area contributed by atoms with Crippen molar-refractivity contribution < 1.29 is 9.18 Å². The van der Waals surface area contributed by atoms with Crippen LogP contribution in [0.4, 0.5) is 4.39 Å². The summed E-state index contributed by atoms with van der Waals surface area (Å²) in [5.41, 5.74) is -1.04. The number of rotatable bonds is 5. The van der Waals surface area contributed by atoms with Gasteiger partial charge in [0.15, 0.2) is 0 Å². The molecule has 0 bridgehead atoms. The van der Waals surface area contributed by atoms with Crippen molar-refractivity contribution in [2.45, 2.75) is 33.4 Å². The molecule has 0 aliphatic heterocycles. The highest BCUT2D eigenvalue weighted by Gasteiger charge is 2.21. The van der Waals surface area contributed by atoms with Gasteiger partial charge in [-0.3, -0.25) is 14.2 Å². The Morgan fingerprint density at radius 2 is 1.93 bits per heavy atom. The highest BCUT2D eigenvalue weighted by Crippen LogP contribution is 2.13. The van der Waals surface area contributed by atoms with Gasteiger partial charge in [-0.25, -0.2) is 9.18 Å². The second-order valence-electron chi connectivity index (χ2n) is 7.13. The van der Waals surface area contributed by atoms with Crippen LogP contribution >= 0.6 is 11.6 Å². The lowest BCUT2D eigenvalue weighted by Crippen LogP contribution is -2.46. The highest BCUT2D eigenvalue weighted by molar-refractivity contribution is 6.30. The molecule has 1 amide bonds. The van der Waals surface area contributed by atoms with E-state index in [0.29, 0.717) is 16.1 Å². The van der Waals surface area contributed by atoms with Crippen LogP contribution in [0.3, 0.4) is 0 Å². The first-order valence-corrected chi connectivity index (χ1v) is 9.61. The molecule has 3 rings (SSSR count). The fraction of sp³-hybridized carbons (Fsp3) is 0.238. The van der Waals surface area contributed by atoms with E-state index in [1.807, 2.05) is 0 Å². The number of hydrogen-bond donors (Lipinski definition) is 1. The van der Waals surface area contributed by atoms with Crippen molar-refractivity contribution in [3.8, 4) is 5.69 Å². The topological polar surface area (TPSA) is 86.0 Å². The zero-order valence-electron chi connectivity index (χ0n) is 16.6. The number of aromatic nitrogens is 3. The summed E-state index contributed by atoms with van der Waals surface area (Å²) >= 11 is 6.00. The van der Waals surface area contributed by atoms with E-state index in [1.54, 1.807) is 45.0 Å². The third-order valence-corrected chi connectivity index (χ3v) is 4.56. The molecule has 156 valence electrons. The van der Waals surface area contributed by atoms with Crippen LogP contribution in [0.2, 0.25) is 5.02 Å². The van der Waals surface area contributed by atoms with Crippen LogP contribution in [0.1, 0.15) is 35.5 Å². The van der Waals surface area contributed by atoms with Gasteiger partial charge in [-0.2, -0.15) is 9.78 Å². The smallest absolute Gasteiger partial charge is 0.348 e. The third-order valence-electron chi connectivity index (χ3n) is 4.32. The maximum Gasteiger partial charge on any atom is 0.352 e. The molecule has 2 aromatic carbocycles. The van der Waals surface area contributed by atoms with Gasteiger partial charge in [0.1, 0.15) is 5.82 Å². The molecular formula is C21H20ClFN4O3. The first kappa shape index (κ1) is 21.4. The molecule has 1 aromatic heterocycles. The van der Waals surface area contributed by atoms with E-state index in [9.17, 15) is 18.8 Å².